The Morgan fingerprint density at radius 1 is 1.53 bits per heavy atom. The topological polar surface area (TPSA) is 104 Å². The summed E-state index contributed by atoms with van der Waals surface area (Å²) in [6.07, 6.45) is 2.33. The number of rotatable bonds is 3. The largest absolute Gasteiger partial charge is 0.390 e. The van der Waals surface area contributed by atoms with Crippen LogP contribution in [0, 0.1) is 10.1 Å². The van der Waals surface area contributed by atoms with Crippen LogP contribution in [-0.4, -0.2) is 45.7 Å². The predicted molar refractivity (Wildman–Crippen MR) is 70.3 cm³/mol. The van der Waals surface area contributed by atoms with Crippen LogP contribution in [0.25, 0.3) is 0 Å². The van der Waals surface area contributed by atoms with Gasteiger partial charge in [0.1, 0.15) is 6.20 Å². The van der Waals surface area contributed by atoms with Crippen molar-refractivity contribution >= 4 is 17.5 Å². The summed E-state index contributed by atoms with van der Waals surface area (Å²) in [6, 6.07) is 0. The smallest absolute Gasteiger partial charge is 0.329 e. The van der Waals surface area contributed by atoms with Crippen molar-refractivity contribution in [3.63, 3.8) is 0 Å². The van der Waals surface area contributed by atoms with Gasteiger partial charge in [0.25, 0.3) is 0 Å². The number of aliphatic hydroxyl groups is 1. The first kappa shape index (κ1) is 13.5. The summed E-state index contributed by atoms with van der Waals surface area (Å²) in [4.78, 5) is 20.4. The van der Waals surface area contributed by atoms with E-state index in [0.29, 0.717) is 37.7 Å². The van der Waals surface area contributed by atoms with E-state index in [1.54, 1.807) is 14.0 Å². The van der Waals surface area contributed by atoms with Crippen LogP contribution in [-0.2, 0) is 0 Å². The van der Waals surface area contributed by atoms with Gasteiger partial charge in [-0.25, -0.2) is 4.98 Å². The van der Waals surface area contributed by atoms with Gasteiger partial charge in [-0.15, -0.1) is 0 Å². The molecular formula is C11H17N5O3. The van der Waals surface area contributed by atoms with Crippen LogP contribution in [0.4, 0.5) is 17.5 Å². The number of nitrogens with zero attached hydrogens (tertiary/aromatic N) is 4. The summed E-state index contributed by atoms with van der Waals surface area (Å²) < 4.78 is 0. The highest BCUT2D eigenvalue weighted by Gasteiger charge is 2.31. The fraction of sp³-hybridized carbons (Fsp3) is 0.636. The molecule has 8 heteroatoms. The third-order valence-corrected chi connectivity index (χ3v) is 3.31. The third kappa shape index (κ3) is 2.90. The van der Waals surface area contributed by atoms with Gasteiger partial charge in [0.2, 0.25) is 11.8 Å². The van der Waals surface area contributed by atoms with Crippen LogP contribution >= 0.6 is 0 Å². The quantitative estimate of drug-likeness (QED) is 0.615. The van der Waals surface area contributed by atoms with E-state index in [2.05, 4.69) is 15.3 Å². The molecule has 1 aromatic heterocycles. The Bertz CT molecular complexity index is 481. The van der Waals surface area contributed by atoms with Crippen LogP contribution in [0.15, 0.2) is 6.20 Å². The zero-order chi connectivity index (χ0) is 14.0. The molecule has 0 unspecified atom stereocenters. The molecule has 1 aromatic rings. The fourth-order valence-corrected chi connectivity index (χ4v) is 2.05. The Morgan fingerprint density at radius 2 is 2.16 bits per heavy atom. The molecule has 0 spiro atoms. The van der Waals surface area contributed by atoms with Gasteiger partial charge in [0.05, 0.1) is 10.5 Å². The molecule has 1 fully saturated rings. The zero-order valence-electron chi connectivity index (χ0n) is 11.0. The molecule has 0 bridgehead atoms. The maximum atomic E-state index is 11.0. The molecule has 0 aliphatic carbocycles. The maximum Gasteiger partial charge on any atom is 0.329 e. The van der Waals surface area contributed by atoms with E-state index >= 15 is 0 Å². The van der Waals surface area contributed by atoms with Crippen LogP contribution < -0.4 is 10.2 Å². The lowest BCUT2D eigenvalue weighted by Gasteiger charge is -2.36. The van der Waals surface area contributed by atoms with Gasteiger partial charge in [-0.05, 0) is 19.8 Å². The monoisotopic (exact) mass is 267 g/mol. The van der Waals surface area contributed by atoms with E-state index in [-0.39, 0.29) is 5.69 Å². The molecular weight excluding hydrogens is 250 g/mol. The minimum atomic E-state index is -0.704. The summed E-state index contributed by atoms with van der Waals surface area (Å²) in [6.45, 7) is 2.85. The second kappa shape index (κ2) is 4.96. The number of aromatic nitrogens is 2. The summed E-state index contributed by atoms with van der Waals surface area (Å²) >= 11 is 0. The molecule has 1 aliphatic rings. The van der Waals surface area contributed by atoms with Crippen molar-refractivity contribution in [1.29, 1.82) is 0 Å². The van der Waals surface area contributed by atoms with Crippen molar-refractivity contribution in [2.24, 2.45) is 0 Å². The van der Waals surface area contributed by atoms with Crippen molar-refractivity contribution in [3.8, 4) is 0 Å². The molecule has 1 aliphatic heterocycles. The van der Waals surface area contributed by atoms with Crippen LogP contribution in [0.3, 0.4) is 0 Å². The molecule has 19 heavy (non-hydrogen) atoms. The first-order chi connectivity index (χ1) is 8.93. The van der Waals surface area contributed by atoms with E-state index in [0.717, 1.165) is 0 Å². The highest BCUT2D eigenvalue weighted by Crippen LogP contribution is 2.30. The number of hydrogen-bond acceptors (Lipinski definition) is 7. The average molecular weight is 267 g/mol. The number of hydrogen-bond donors (Lipinski definition) is 2. The Balaban J connectivity index is 2.30. The minimum Gasteiger partial charge on any atom is -0.390 e. The van der Waals surface area contributed by atoms with Crippen LogP contribution in [0.5, 0.6) is 0 Å². The molecule has 8 nitrogen and oxygen atoms in total. The summed E-state index contributed by atoms with van der Waals surface area (Å²) in [5.74, 6) is 0.651. The van der Waals surface area contributed by atoms with Gasteiger partial charge in [0, 0.05) is 20.1 Å². The second-order valence-corrected chi connectivity index (χ2v) is 4.89. The van der Waals surface area contributed by atoms with Gasteiger partial charge in [-0.1, -0.05) is 0 Å². The zero-order valence-corrected chi connectivity index (χ0v) is 11.0. The molecule has 0 amide bonds. The molecule has 0 atom stereocenters. The highest BCUT2D eigenvalue weighted by molar-refractivity contribution is 5.59. The number of nitrogens with one attached hydrogen (secondary N) is 1. The molecule has 2 N–H and O–H groups in total. The van der Waals surface area contributed by atoms with E-state index in [9.17, 15) is 15.2 Å². The molecule has 104 valence electrons. The van der Waals surface area contributed by atoms with Crippen molar-refractivity contribution < 1.29 is 10.0 Å². The molecule has 0 radical (unpaired) electrons. The lowest BCUT2D eigenvalue weighted by atomic mass is 9.94. The highest BCUT2D eigenvalue weighted by atomic mass is 16.6. The van der Waals surface area contributed by atoms with Gasteiger partial charge in [-0.2, -0.15) is 4.98 Å². The van der Waals surface area contributed by atoms with E-state index in [4.69, 9.17) is 0 Å². The Hall–Kier alpha value is -1.96. The van der Waals surface area contributed by atoms with Gasteiger partial charge < -0.3 is 15.3 Å². The predicted octanol–water partition coefficient (Wildman–Crippen LogP) is 0.778. The standard InChI is InChI=1S/C11H17N5O3/c1-11(17)3-5-15(6-4-11)9-8(16(18)19)7-13-10(12-2)14-9/h7,17H,3-6H2,1-2H3,(H,12,13,14). The summed E-state index contributed by atoms with van der Waals surface area (Å²) in [5, 5.41) is 23.7. The van der Waals surface area contributed by atoms with E-state index in [1.807, 2.05) is 4.90 Å². The number of anilines is 2. The first-order valence-electron chi connectivity index (χ1n) is 6.09. The maximum absolute atomic E-state index is 11.0. The first-order valence-corrected chi connectivity index (χ1v) is 6.09. The molecule has 0 aromatic carbocycles. The van der Waals surface area contributed by atoms with Crippen LogP contribution in [0.2, 0.25) is 0 Å². The molecule has 2 rings (SSSR count). The van der Waals surface area contributed by atoms with Crippen molar-refractivity contribution in [2.75, 3.05) is 30.4 Å². The lowest BCUT2D eigenvalue weighted by Crippen LogP contribution is -2.43. The van der Waals surface area contributed by atoms with Crippen molar-refractivity contribution in [3.05, 3.63) is 16.3 Å². The summed E-state index contributed by atoms with van der Waals surface area (Å²) in [5.41, 5.74) is -0.815. The number of piperidine rings is 1. The van der Waals surface area contributed by atoms with Crippen molar-refractivity contribution in [2.45, 2.75) is 25.4 Å². The fourth-order valence-electron chi connectivity index (χ4n) is 2.05. The minimum absolute atomic E-state index is 0.111. The van der Waals surface area contributed by atoms with Crippen LogP contribution in [0.1, 0.15) is 19.8 Å². The van der Waals surface area contributed by atoms with Gasteiger partial charge in [-0.3, -0.25) is 10.1 Å². The molecule has 0 saturated carbocycles. The van der Waals surface area contributed by atoms with E-state index in [1.165, 1.54) is 6.20 Å². The average Bonchev–Trinajstić information content (AvgIpc) is 2.38. The third-order valence-electron chi connectivity index (χ3n) is 3.31. The molecule has 1 saturated heterocycles. The lowest BCUT2D eigenvalue weighted by molar-refractivity contribution is -0.384. The normalized spacial score (nSPS) is 18.2. The Labute approximate surface area is 110 Å². The van der Waals surface area contributed by atoms with E-state index < -0.39 is 10.5 Å². The van der Waals surface area contributed by atoms with Crippen molar-refractivity contribution in [1.82, 2.24) is 9.97 Å². The number of nitro groups is 1. The van der Waals surface area contributed by atoms with Gasteiger partial charge in [0.15, 0.2) is 0 Å². The SMILES string of the molecule is CNc1ncc([N+](=O)[O-])c(N2CCC(C)(O)CC2)n1. The Morgan fingerprint density at radius 3 is 2.68 bits per heavy atom. The second-order valence-electron chi connectivity index (χ2n) is 4.89. The Kier molecular flexibility index (Phi) is 3.52. The van der Waals surface area contributed by atoms with Gasteiger partial charge >= 0.3 is 5.69 Å². The summed E-state index contributed by atoms with van der Waals surface area (Å²) in [7, 11) is 1.66. The molecule has 2 heterocycles.